The van der Waals surface area contributed by atoms with E-state index in [0.29, 0.717) is 42.6 Å². The molecule has 1 amide bonds. The van der Waals surface area contributed by atoms with Gasteiger partial charge in [-0.15, -0.1) is 0 Å². The SMILES string of the molecule is CCOc1ccccc1NC(=O)C(CC)OC(=O)c1c2c(nc3ccccc13)CCN(C(C)C)C2. The van der Waals surface area contributed by atoms with Gasteiger partial charge in [-0.25, -0.2) is 4.79 Å². The van der Waals surface area contributed by atoms with E-state index in [9.17, 15) is 9.59 Å². The molecule has 1 aromatic heterocycles. The van der Waals surface area contributed by atoms with Crippen molar-refractivity contribution >= 4 is 28.5 Å². The number of hydrogen-bond donors (Lipinski definition) is 1. The molecule has 0 saturated carbocycles. The Hall–Kier alpha value is -3.45. The Bertz CT molecular complexity index is 1220. The van der Waals surface area contributed by atoms with Gasteiger partial charge in [0.1, 0.15) is 5.75 Å². The highest BCUT2D eigenvalue weighted by atomic mass is 16.5. The molecule has 0 spiro atoms. The van der Waals surface area contributed by atoms with Gasteiger partial charge in [-0.2, -0.15) is 0 Å². The van der Waals surface area contributed by atoms with Gasteiger partial charge in [0.2, 0.25) is 0 Å². The number of esters is 1. The number of benzene rings is 2. The molecular weight excluding hydrogens is 442 g/mol. The number of nitrogens with one attached hydrogen (secondary N) is 1. The van der Waals surface area contributed by atoms with Crippen molar-refractivity contribution in [2.24, 2.45) is 0 Å². The number of fused-ring (bicyclic) bond motifs is 2. The number of aromatic nitrogens is 1. The highest BCUT2D eigenvalue weighted by Crippen LogP contribution is 2.30. The topological polar surface area (TPSA) is 80.8 Å². The minimum absolute atomic E-state index is 0.345. The zero-order chi connectivity index (χ0) is 24.9. The van der Waals surface area contributed by atoms with Gasteiger partial charge in [0, 0.05) is 42.2 Å². The molecule has 35 heavy (non-hydrogen) atoms. The van der Waals surface area contributed by atoms with Crippen LogP contribution in [0.5, 0.6) is 5.75 Å². The Morgan fingerprint density at radius 2 is 1.83 bits per heavy atom. The second-order valence-corrected chi connectivity index (χ2v) is 8.96. The molecule has 2 heterocycles. The number of para-hydroxylation sites is 3. The van der Waals surface area contributed by atoms with Crippen molar-refractivity contribution in [3.05, 3.63) is 65.4 Å². The van der Waals surface area contributed by atoms with E-state index >= 15 is 0 Å². The van der Waals surface area contributed by atoms with Crippen LogP contribution in [0.25, 0.3) is 10.9 Å². The van der Waals surface area contributed by atoms with Gasteiger partial charge in [-0.05, 0) is 45.4 Å². The summed E-state index contributed by atoms with van der Waals surface area (Å²) in [6.07, 6.45) is 0.173. The number of pyridine rings is 1. The quantitative estimate of drug-likeness (QED) is 0.463. The van der Waals surface area contributed by atoms with E-state index in [-0.39, 0.29) is 5.91 Å². The molecule has 0 radical (unpaired) electrons. The van der Waals surface area contributed by atoms with Gasteiger partial charge >= 0.3 is 5.97 Å². The zero-order valence-corrected chi connectivity index (χ0v) is 20.8. The molecule has 4 rings (SSSR count). The van der Waals surface area contributed by atoms with Crippen LogP contribution in [0.3, 0.4) is 0 Å². The first-order chi connectivity index (χ1) is 16.9. The first-order valence-corrected chi connectivity index (χ1v) is 12.3. The number of carbonyl (C=O) groups excluding carboxylic acids is 2. The molecule has 1 unspecified atom stereocenters. The molecule has 7 heteroatoms. The van der Waals surface area contributed by atoms with E-state index in [2.05, 4.69) is 24.1 Å². The number of rotatable bonds is 8. The van der Waals surface area contributed by atoms with E-state index < -0.39 is 12.1 Å². The van der Waals surface area contributed by atoms with Gasteiger partial charge in [0.05, 0.1) is 23.4 Å². The second-order valence-electron chi connectivity index (χ2n) is 8.96. The molecule has 1 aliphatic heterocycles. The molecule has 0 bridgehead atoms. The van der Waals surface area contributed by atoms with E-state index in [1.807, 2.05) is 50.2 Å². The molecule has 1 N–H and O–H groups in total. The number of ether oxygens (including phenoxy) is 2. The fourth-order valence-corrected chi connectivity index (χ4v) is 4.46. The number of carbonyl (C=O) groups is 2. The maximum atomic E-state index is 13.6. The molecule has 0 saturated heterocycles. The monoisotopic (exact) mass is 475 g/mol. The average Bonchev–Trinajstić information content (AvgIpc) is 2.86. The molecule has 0 fully saturated rings. The van der Waals surface area contributed by atoms with Crippen molar-refractivity contribution in [3.8, 4) is 5.75 Å². The average molecular weight is 476 g/mol. The molecule has 3 aromatic rings. The molecule has 0 aliphatic carbocycles. The summed E-state index contributed by atoms with van der Waals surface area (Å²) < 4.78 is 11.5. The minimum atomic E-state index is -0.940. The van der Waals surface area contributed by atoms with Crippen molar-refractivity contribution in [2.75, 3.05) is 18.5 Å². The lowest BCUT2D eigenvalue weighted by Crippen LogP contribution is -2.38. The molecule has 1 aliphatic rings. The van der Waals surface area contributed by atoms with Crippen LogP contribution in [-0.4, -0.2) is 47.1 Å². The predicted octanol–water partition coefficient (Wildman–Crippen LogP) is 4.97. The highest BCUT2D eigenvalue weighted by molar-refractivity contribution is 6.06. The van der Waals surface area contributed by atoms with Crippen LogP contribution in [-0.2, 0) is 22.5 Å². The summed E-state index contributed by atoms with van der Waals surface area (Å²) >= 11 is 0. The van der Waals surface area contributed by atoms with Gasteiger partial charge in [-0.1, -0.05) is 37.3 Å². The summed E-state index contributed by atoms with van der Waals surface area (Å²) in [5, 5.41) is 3.61. The van der Waals surface area contributed by atoms with Crippen molar-refractivity contribution < 1.29 is 19.1 Å². The third kappa shape index (κ3) is 5.30. The molecule has 7 nitrogen and oxygen atoms in total. The summed E-state index contributed by atoms with van der Waals surface area (Å²) in [5.41, 5.74) is 3.64. The standard InChI is InChI=1S/C28H33N3O4/c1-5-24(27(32)30-23-13-9-10-14-25(23)34-6-2)35-28(33)26-19-11-7-8-12-21(19)29-22-15-16-31(18(3)4)17-20(22)26/h7-14,18,24H,5-6,15-17H2,1-4H3,(H,30,32). The maximum absolute atomic E-state index is 13.6. The van der Waals surface area contributed by atoms with Crippen LogP contribution < -0.4 is 10.1 Å². The summed E-state index contributed by atoms with van der Waals surface area (Å²) in [6.45, 7) is 10.0. The molecule has 184 valence electrons. The maximum Gasteiger partial charge on any atom is 0.340 e. The third-order valence-corrected chi connectivity index (χ3v) is 6.37. The minimum Gasteiger partial charge on any atom is -0.492 e. The van der Waals surface area contributed by atoms with Gasteiger partial charge < -0.3 is 14.8 Å². The van der Waals surface area contributed by atoms with Crippen LogP contribution in [0, 0.1) is 0 Å². The van der Waals surface area contributed by atoms with Crippen LogP contribution in [0.1, 0.15) is 55.7 Å². The Morgan fingerprint density at radius 3 is 2.57 bits per heavy atom. The number of amides is 1. The largest absolute Gasteiger partial charge is 0.492 e. The Morgan fingerprint density at radius 1 is 1.09 bits per heavy atom. The normalized spacial score (nSPS) is 14.4. The van der Waals surface area contributed by atoms with Crippen LogP contribution in [0.2, 0.25) is 0 Å². The summed E-state index contributed by atoms with van der Waals surface area (Å²) in [4.78, 5) is 33.9. The highest BCUT2D eigenvalue weighted by Gasteiger charge is 2.30. The lowest BCUT2D eigenvalue weighted by Gasteiger charge is -2.32. The number of nitrogens with zero attached hydrogens (tertiary/aromatic N) is 2. The van der Waals surface area contributed by atoms with E-state index in [4.69, 9.17) is 14.5 Å². The predicted molar refractivity (Wildman–Crippen MR) is 137 cm³/mol. The summed E-state index contributed by atoms with van der Waals surface area (Å²) in [5.74, 6) is -0.304. The van der Waals surface area contributed by atoms with Crippen molar-refractivity contribution in [2.45, 2.75) is 59.2 Å². The Balaban J connectivity index is 1.63. The Labute approximate surface area is 206 Å². The Kier molecular flexibility index (Phi) is 7.66. The van der Waals surface area contributed by atoms with Crippen molar-refractivity contribution in [1.82, 2.24) is 9.88 Å². The van der Waals surface area contributed by atoms with E-state index in [1.54, 1.807) is 12.1 Å². The van der Waals surface area contributed by atoms with Crippen LogP contribution in [0.4, 0.5) is 5.69 Å². The van der Waals surface area contributed by atoms with E-state index in [0.717, 1.165) is 35.1 Å². The van der Waals surface area contributed by atoms with Crippen molar-refractivity contribution in [1.29, 1.82) is 0 Å². The van der Waals surface area contributed by atoms with Crippen LogP contribution >= 0.6 is 0 Å². The summed E-state index contributed by atoms with van der Waals surface area (Å²) in [7, 11) is 0. The first-order valence-electron chi connectivity index (χ1n) is 12.3. The zero-order valence-electron chi connectivity index (χ0n) is 20.8. The van der Waals surface area contributed by atoms with Crippen LogP contribution in [0.15, 0.2) is 48.5 Å². The van der Waals surface area contributed by atoms with E-state index in [1.165, 1.54) is 0 Å². The lowest BCUT2D eigenvalue weighted by molar-refractivity contribution is -0.124. The third-order valence-electron chi connectivity index (χ3n) is 6.37. The fourth-order valence-electron chi connectivity index (χ4n) is 4.46. The second kappa shape index (κ2) is 10.9. The van der Waals surface area contributed by atoms with Gasteiger partial charge in [0.25, 0.3) is 5.91 Å². The smallest absolute Gasteiger partial charge is 0.340 e. The first kappa shape index (κ1) is 24.7. The number of anilines is 1. The fraction of sp³-hybridized carbons (Fsp3) is 0.393. The number of hydrogen-bond acceptors (Lipinski definition) is 6. The molecule has 1 atom stereocenters. The lowest BCUT2D eigenvalue weighted by atomic mass is 9.95. The molecule has 2 aromatic carbocycles. The summed E-state index contributed by atoms with van der Waals surface area (Å²) in [6, 6.07) is 15.2. The molecular formula is C28H33N3O4. The van der Waals surface area contributed by atoms with Gasteiger partial charge in [-0.3, -0.25) is 14.7 Å². The van der Waals surface area contributed by atoms with Gasteiger partial charge in [0.15, 0.2) is 6.10 Å². The van der Waals surface area contributed by atoms with Crippen molar-refractivity contribution in [3.63, 3.8) is 0 Å².